The van der Waals surface area contributed by atoms with Crippen LogP contribution in [0, 0.1) is 0 Å². The van der Waals surface area contributed by atoms with E-state index < -0.39 is 0 Å². The Hall–Kier alpha value is -2.27. The van der Waals surface area contributed by atoms with E-state index in [0.29, 0.717) is 6.04 Å². The van der Waals surface area contributed by atoms with Crippen LogP contribution >= 0.6 is 11.3 Å². The first-order chi connectivity index (χ1) is 11.8. The van der Waals surface area contributed by atoms with E-state index in [0.717, 1.165) is 31.1 Å². The fourth-order valence-corrected chi connectivity index (χ4v) is 3.54. The van der Waals surface area contributed by atoms with Crippen LogP contribution < -0.4 is 15.4 Å². The predicted molar refractivity (Wildman–Crippen MR) is 102 cm³/mol. The lowest BCUT2D eigenvalue weighted by Crippen LogP contribution is -2.41. The van der Waals surface area contributed by atoms with Gasteiger partial charge in [-0.2, -0.15) is 0 Å². The molecular formula is C19H23N3OS. The number of aliphatic imine (C=N–C) groups is 1. The van der Waals surface area contributed by atoms with Crippen molar-refractivity contribution in [2.24, 2.45) is 4.99 Å². The molecule has 2 N–H and O–H groups in total. The molecule has 5 heteroatoms. The van der Waals surface area contributed by atoms with E-state index in [1.54, 1.807) is 18.4 Å². The van der Waals surface area contributed by atoms with Crippen LogP contribution in [0.5, 0.6) is 5.75 Å². The number of hydrogen-bond donors (Lipinski definition) is 2. The highest BCUT2D eigenvalue weighted by molar-refractivity contribution is 7.10. The Kier molecular flexibility index (Phi) is 5.54. The lowest BCUT2D eigenvalue weighted by Gasteiger charge is -2.16. The summed E-state index contributed by atoms with van der Waals surface area (Å²) in [6, 6.07) is 10.9. The number of ether oxygens (including phenoxy) is 1. The molecule has 0 spiro atoms. The lowest BCUT2D eigenvalue weighted by atomic mass is 10.1. The first kappa shape index (κ1) is 16.6. The van der Waals surface area contributed by atoms with Crippen molar-refractivity contribution in [3.05, 3.63) is 52.7 Å². The fraction of sp³-hybridized carbons (Fsp3) is 0.316. The van der Waals surface area contributed by atoms with E-state index in [4.69, 9.17) is 4.74 Å². The van der Waals surface area contributed by atoms with Crippen molar-refractivity contribution in [1.82, 2.24) is 10.6 Å². The van der Waals surface area contributed by atoms with Gasteiger partial charge in [-0.25, -0.2) is 0 Å². The number of methoxy groups -OCH3 is 1. The third-order valence-electron chi connectivity index (χ3n) is 4.08. The van der Waals surface area contributed by atoms with Crippen LogP contribution in [-0.2, 0) is 6.54 Å². The Morgan fingerprint density at radius 1 is 1.21 bits per heavy atom. The molecule has 3 rings (SSSR count). The monoisotopic (exact) mass is 341 g/mol. The van der Waals surface area contributed by atoms with Crippen LogP contribution in [0.1, 0.15) is 17.7 Å². The molecule has 0 saturated heterocycles. The molecule has 1 aromatic heterocycles. The van der Waals surface area contributed by atoms with Crippen LogP contribution in [0.4, 0.5) is 0 Å². The van der Waals surface area contributed by atoms with Gasteiger partial charge in [0.2, 0.25) is 0 Å². The van der Waals surface area contributed by atoms with Crippen LogP contribution in [-0.4, -0.2) is 26.2 Å². The molecule has 126 valence electrons. The molecule has 0 bridgehead atoms. The summed E-state index contributed by atoms with van der Waals surface area (Å²) in [5.74, 6) is 1.75. The number of rotatable bonds is 5. The number of guanidine groups is 1. The van der Waals surface area contributed by atoms with Gasteiger partial charge in [0, 0.05) is 18.0 Å². The average molecular weight is 341 g/mol. The highest BCUT2D eigenvalue weighted by Gasteiger charge is 2.11. The molecule has 24 heavy (non-hydrogen) atoms. The number of thiophene rings is 1. The van der Waals surface area contributed by atoms with Crippen LogP contribution in [0.15, 0.2) is 52.9 Å². The normalized spacial score (nSPS) is 14.8. The van der Waals surface area contributed by atoms with E-state index in [2.05, 4.69) is 51.4 Å². The zero-order valence-electron chi connectivity index (χ0n) is 14.1. The Labute approximate surface area is 147 Å². The van der Waals surface area contributed by atoms with Gasteiger partial charge in [0.05, 0.1) is 13.7 Å². The first-order valence-electron chi connectivity index (χ1n) is 8.12. The second kappa shape index (κ2) is 8.02. The largest absolute Gasteiger partial charge is 0.497 e. The lowest BCUT2D eigenvalue weighted by molar-refractivity contribution is 0.415. The van der Waals surface area contributed by atoms with Crippen LogP contribution in [0.25, 0.3) is 11.1 Å². The van der Waals surface area contributed by atoms with E-state index in [1.165, 1.54) is 16.0 Å². The molecule has 1 aliphatic rings. The maximum atomic E-state index is 5.21. The third-order valence-corrected chi connectivity index (χ3v) is 5.02. The summed E-state index contributed by atoms with van der Waals surface area (Å²) in [7, 11) is 3.50. The second-order valence-electron chi connectivity index (χ2n) is 5.74. The molecule has 0 saturated carbocycles. The number of nitrogens with zero attached hydrogens (tertiary/aromatic N) is 1. The first-order valence-corrected chi connectivity index (χ1v) is 9.00. The molecule has 0 aliphatic heterocycles. The Morgan fingerprint density at radius 2 is 1.96 bits per heavy atom. The summed E-state index contributed by atoms with van der Waals surface area (Å²) in [5.41, 5.74) is 2.44. The summed E-state index contributed by atoms with van der Waals surface area (Å²) >= 11 is 1.76. The zero-order chi connectivity index (χ0) is 16.8. The number of nitrogens with one attached hydrogen (secondary N) is 2. The minimum Gasteiger partial charge on any atom is -0.497 e. The van der Waals surface area contributed by atoms with E-state index in [9.17, 15) is 0 Å². The van der Waals surface area contributed by atoms with E-state index >= 15 is 0 Å². The molecular weight excluding hydrogens is 318 g/mol. The van der Waals surface area contributed by atoms with E-state index in [1.807, 2.05) is 19.2 Å². The maximum absolute atomic E-state index is 5.21. The van der Waals surface area contributed by atoms with Gasteiger partial charge >= 0.3 is 0 Å². The molecule has 0 fully saturated rings. The highest BCUT2D eigenvalue weighted by atomic mass is 32.1. The van der Waals surface area contributed by atoms with E-state index in [-0.39, 0.29) is 0 Å². The smallest absolute Gasteiger partial charge is 0.191 e. The quantitative estimate of drug-likeness (QED) is 0.494. The molecule has 0 unspecified atom stereocenters. The number of benzene rings is 1. The Balaban J connectivity index is 1.56. The minimum absolute atomic E-state index is 0.467. The summed E-state index contributed by atoms with van der Waals surface area (Å²) < 4.78 is 5.21. The van der Waals surface area contributed by atoms with Gasteiger partial charge in [0.25, 0.3) is 0 Å². The second-order valence-corrected chi connectivity index (χ2v) is 6.74. The van der Waals surface area contributed by atoms with Crippen molar-refractivity contribution in [2.45, 2.75) is 25.4 Å². The third kappa shape index (κ3) is 4.17. The minimum atomic E-state index is 0.467. The average Bonchev–Trinajstić information content (AvgIpc) is 3.30. The van der Waals surface area contributed by atoms with Gasteiger partial charge in [-0.15, -0.1) is 11.3 Å². The van der Waals surface area contributed by atoms with Gasteiger partial charge in [-0.3, -0.25) is 4.99 Å². The van der Waals surface area contributed by atoms with Gasteiger partial charge in [-0.1, -0.05) is 24.3 Å². The Morgan fingerprint density at radius 3 is 2.62 bits per heavy atom. The van der Waals surface area contributed by atoms with Crippen LogP contribution in [0.2, 0.25) is 0 Å². The Bertz CT molecular complexity index is 710. The molecule has 0 amide bonds. The van der Waals surface area contributed by atoms with Gasteiger partial charge in [-0.05, 0) is 47.5 Å². The summed E-state index contributed by atoms with van der Waals surface area (Å²) in [6.45, 7) is 0.778. The molecule has 1 aromatic carbocycles. The van der Waals surface area contributed by atoms with Crippen molar-refractivity contribution in [3.63, 3.8) is 0 Å². The SMILES string of the molecule is CN=C(NCc1cc(-c2ccc(OC)cc2)cs1)NC1CC=CC1. The van der Waals surface area contributed by atoms with Crippen molar-refractivity contribution in [1.29, 1.82) is 0 Å². The van der Waals surface area contributed by atoms with Crippen LogP contribution in [0.3, 0.4) is 0 Å². The topological polar surface area (TPSA) is 45.7 Å². The standard InChI is InChI=1S/C19H23N3OS/c1-20-19(22-16-5-3-4-6-16)21-12-18-11-15(13-24-18)14-7-9-17(23-2)10-8-14/h3-4,7-11,13,16H,5-6,12H2,1-2H3,(H2,20,21,22). The molecule has 2 aromatic rings. The van der Waals surface area contributed by atoms with Gasteiger partial charge < -0.3 is 15.4 Å². The fourth-order valence-electron chi connectivity index (χ4n) is 2.70. The summed E-state index contributed by atoms with van der Waals surface area (Å²) in [4.78, 5) is 5.59. The van der Waals surface area contributed by atoms with Gasteiger partial charge in [0.1, 0.15) is 5.75 Å². The van der Waals surface area contributed by atoms with Crippen molar-refractivity contribution >= 4 is 17.3 Å². The predicted octanol–water partition coefficient (Wildman–Crippen LogP) is 3.81. The molecule has 4 nitrogen and oxygen atoms in total. The number of hydrogen-bond acceptors (Lipinski definition) is 3. The molecule has 0 radical (unpaired) electrons. The zero-order valence-corrected chi connectivity index (χ0v) is 14.9. The summed E-state index contributed by atoms with van der Waals surface area (Å²) in [6.07, 6.45) is 6.57. The van der Waals surface area contributed by atoms with Gasteiger partial charge in [0.15, 0.2) is 5.96 Å². The molecule has 1 heterocycles. The van der Waals surface area contributed by atoms with Crippen molar-refractivity contribution in [3.8, 4) is 16.9 Å². The molecule has 1 aliphatic carbocycles. The van der Waals surface area contributed by atoms with Crippen molar-refractivity contribution in [2.75, 3.05) is 14.2 Å². The highest BCUT2D eigenvalue weighted by Crippen LogP contribution is 2.27. The summed E-state index contributed by atoms with van der Waals surface area (Å²) in [5, 5.41) is 9.04. The van der Waals surface area contributed by atoms with Crippen molar-refractivity contribution < 1.29 is 4.74 Å². The maximum Gasteiger partial charge on any atom is 0.191 e. The molecule has 0 atom stereocenters.